The topological polar surface area (TPSA) is 86.2 Å². The van der Waals surface area contributed by atoms with Crippen molar-refractivity contribution in [1.29, 1.82) is 0 Å². The van der Waals surface area contributed by atoms with Crippen LogP contribution in [-0.4, -0.2) is 32.5 Å². The zero-order valence-corrected chi connectivity index (χ0v) is 12.4. The molecule has 2 rings (SSSR count). The maximum absolute atomic E-state index is 12.2. The molecule has 4 nitrogen and oxygen atoms in total. The van der Waals surface area contributed by atoms with Gasteiger partial charge in [0.15, 0.2) is 9.84 Å². The van der Waals surface area contributed by atoms with Gasteiger partial charge in [0.2, 0.25) is 0 Å². The summed E-state index contributed by atoms with van der Waals surface area (Å²) in [6.45, 7) is 2.21. The summed E-state index contributed by atoms with van der Waals surface area (Å²) in [4.78, 5) is 0. The van der Waals surface area contributed by atoms with E-state index in [1.807, 2.05) is 12.1 Å². The number of sulfone groups is 1. The standard InChI is InChI=1S/C13H19ClN2O2S/c1-2-19(17,18)12-11(13(12,7-15)8-16)9-3-5-10(14)6-4-9/h3-6,11-12H,2,7-8,15-16H2,1H3/t11-,12-/m1/s1. The van der Waals surface area contributed by atoms with Gasteiger partial charge in [0, 0.05) is 35.2 Å². The van der Waals surface area contributed by atoms with Crippen LogP contribution in [0.4, 0.5) is 0 Å². The van der Waals surface area contributed by atoms with Gasteiger partial charge in [-0.15, -0.1) is 0 Å². The van der Waals surface area contributed by atoms with Crippen molar-refractivity contribution >= 4 is 21.4 Å². The number of benzene rings is 1. The lowest BCUT2D eigenvalue weighted by Gasteiger charge is -2.12. The van der Waals surface area contributed by atoms with Crippen LogP contribution in [0.5, 0.6) is 0 Å². The Morgan fingerprint density at radius 2 is 1.74 bits per heavy atom. The molecule has 0 unspecified atom stereocenters. The molecule has 19 heavy (non-hydrogen) atoms. The maximum atomic E-state index is 12.2. The second-order valence-corrected chi connectivity index (χ2v) is 7.89. The summed E-state index contributed by atoms with van der Waals surface area (Å²) in [5, 5.41) is 0.159. The Labute approximate surface area is 119 Å². The molecule has 0 spiro atoms. The third kappa shape index (κ3) is 2.29. The highest BCUT2D eigenvalue weighted by atomic mass is 35.5. The van der Waals surface area contributed by atoms with Gasteiger partial charge >= 0.3 is 0 Å². The van der Waals surface area contributed by atoms with Crippen LogP contribution >= 0.6 is 11.6 Å². The molecule has 1 saturated carbocycles. The quantitative estimate of drug-likeness (QED) is 0.854. The summed E-state index contributed by atoms with van der Waals surface area (Å²) < 4.78 is 24.4. The first-order chi connectivity index (χ1) is 8.93. The third-order valence-electron chi connectivity index (χ3n) is 4.16. The molecule has 0 amide bonds. The monoisotopic (exact) mass is 302 g/mol. The minimum Gasteiger partial charge on any atom is -0.330 e. The van der Waals surface area contributed by atoms with Crippen LogP contribution in [0.25, 0.3) is 0 Å². The third-order valence-corrected chi connectivity index (χ3v) is 6.73. The summed E-state index contributed by atoms with van der Waals surface area (Å²) in [7, 11) is -3.16. The molecule has 0 saturated heterocycles. The van der Waals surface area contributed by atoms with Crippen molar-refractivity contribution in [3.05, 3.63) is 34.9 Å². The molecule has 6 heteroatoms. The fourth-order valence-corrected chi connectivity index (χ4v) is 5.25. The molecule has 2 atom stereocenters. The van der Waals surface area contributed by atoms with Crippen molar-refractivity contribution in [3.63, 3.8) is 0 Å². The van der Waals surface area contributed by atoms with E-state index < -0.39 is 20.5 Å². The van der Waals surface area contributed by atoms with E-state index in [2.05, 4.69) is 0 Å². The molecular formula is C13H19ClN2O2S. The van der Waals surface area contributed by atoms with E-state index in [9.17, 15) is 8.42 Å². The second kappa shape index (κ2) is 5.05. The number of hydrogen-bond donors (Lipinski definition) is 2. The Balaban J connectivity index is 2.42. The van der Waals surface area contributed by atoms with Gasteiger partial charge in [0.25, 0.3) is 0 Å². The fraction of sp³-hybridized carbons (Fsp3) is 0.538. The number of nitrogens with two attached hydrogens (primary N) is 2. The van der Waals surface area contributed by atoms with E-state index in [0.29, 0.717) is 5.02 Å². The lowest BCUT2D eigenvalue weighted by Crippen LogP contribution is -2.31. The van der Waals surface area contributed by atoms with Crippen LogP contribution in [0, 0.1) is 5.41 Å². The molecule has 1 aromatic rings. The Kier molecular flexibility index (Phi) is 3.93. The zero-order valence-electron chi connectivity index (χ0n) is 10.8. The average Bonchev–Trinajstić information content (AvgIpc) is 3.10. The molecule has 4 N–H and O–H groups in total. The Bertz CT molecular complexity index is 553. The number of rotatable bonds is 5. The predicted octanol–water partition coefficient (Wildman–Crippen LogP) is 1.14. The second-order valence-electron chi connectivity index (χ2n) is 5.04. The summed E-state index contributed by atoms with van der Waals surface area (Å²) >= 11 is 5.86. The smallest absolute Gasteiger partial charge is 0.154 e. The molecule has 106 valence electrons. The van der Waals surface area contributed by atoms with Crippen molar-refractivity contribution in [2.45, 2.75) is 18.1 Å². The van der Waals surface area contributed by atoms with E-state index >= 15 is 0 Å². The highest BCUT2D eigenvalue weighted by Crippen LogP contribution is 2.61. The fourth-order valence-electron chi connectivity index (χ4n) is 2.94. The van der Waals surface area contributed by atoms with Crippen molar-refractivity contribution in [1.82, 2.24) is 0 Å². The maximum Gasteiger partial charge on any atom is 0.154 e. The highest BCUT2D eigenvalue weighted by molar-refractivity contribution is 7.92. The number of hydrogen-bond acceptors (Lipinski definition) is 4. The predicted molar refractivity (Wildman–Crippen MR) is 78.0 cm³/mol. The van der Waals surface area contributed by atoms with Crippen molar-refractivity contribution < 1.29 is 8.42 Å². The van der Waals surface area contributed by atoms with Crippen LogP contribution in [0.2, 0.25) is 5.02 Å². The largest absolute Gasteiger partial charge is 0.330 e. The molecule has 0 aliphatic heterocycles. The molecule has 0 radical (unpaired) electrons. The summed E-state index contributed by atoms with van der Waals surface area (Å²) in [6, 6.07) is 7.25. The van der Waals surface area contributed by atoms with Gasteiger partial charge in [-0.2, -0.15) is 0 Å². The van der Waals surface area contributed by atoms with Crippen molar-refractivity contribution in [3.8, 4) is 0 Å². The lowest BCUT2D eigenvalue weighted by atomic mass is 9.99. The first kappa shape index (κ1) is 14.8. The lowest BCUT2D eigenvalue weighted by molar-refractivity contribution is 0.510. The zero-order chi connectivity index (χ0) is 14.3. The summed E-state index contributed by atoms with van der Waals surface area (Å²) in [5.74, 6) is -0.00604. The van der Waals surface area contributed by atoms with Gasteiger partial charge < -0.3 is 11.5 Å². The molecule has 1 aromatic carbocycles. The minimum absolute atomic E-state index is 0.115. The average molecular weight is 303 g/mol. The van der Waals surface area contributed by atoms with Crippen LogP contribution in [-0.2, 0) is 9.84 Å². The first-order valence-corrected chi connectivity index (χ1v) is 8.39. The molecule has 1 fully saturated rings. The van der Waals surface area contributed by atoms with E-state index in [1.54, 1.807) is 19.1 Å². The molecule has 0 aromatic heterocycles. The van der Waals surface area contributed by atoms with Crippen LogP contribution in [0.3, 0.4) is 0 Å². The van der Waals surface area contributed by atoms with E-state index in [1.165, 1.54) is 0 Å². The van der Waals surface area contributed by atoms with E-state index in [0.717, 1.165) is 5.56 Å². The number of halogens is 1. The van der Waals surface area contributed by atoms with Gasteiger partial charge in [0.1, 0.15) is 0 Å². The van der Waals surface area contributed by atoms with Crippen molar-refractivity contribution in [2.75, 3.05) is 18.8 Å². The Morgan fingerprint density at radius 3 is 2.16 bits per heavy atom. The SMILES string of the molecule is CCS(=O)(=O)[C@@H]1[C@@H](c2ccc(Cl)cc2)C1(CN)CN. The molecule has 1 aliphatic carbocycles. The van der Waals surface area contributed by atoms with Gasteiger partial charge in [-0.25, -0.2) is 8.42 Å². The minimum atomic E-state index is -3.16. The Hall–Kier alpha value is -0.620. The van der Waals surface area contributed by atoms with E-state index in [4.69, 9.17) is 23.1 Å². The van der Waals surface area contributed by atoms with Crippen LogP contribution in [0.1, 0.15) is 18.4 Å². The normalized spacial score (nSPS) is 25.3. The van der Waals surface area contributed by atoms with Gasteiger partial charge in [-0.05, 0) is 17.7 Å². The molecule has 1 aliphatic rings. The summed E-state index contributed by atoms with van der Waals surface area (Å²) in [5.41, 5.74) is 12.0. The van der Waals surface area contributed by atoms with E-state index in [-0.39, 0.29) is 24.8 Å². The Morgan fingerprint density at radius 1 is 1.21 bits per heavy atom. The molecule has 0 heterocycles. The summed E-state index contributed by atoms with van der Waals surface area (Å²) in [6.07, 6.45) is 0. The van der Waals surface area contributed by atoms with Crippen LogP contribution in [0.15, 0.2) is 24.3 Å². The van der Waals surface area contributed by atoms with Crippen molar-refractivity contribution in [2.24, 2.45) is 16.9 Å². The molecule has 0 bridgehead atoms. The van der Waals surface area contributed by atoms with Crippen LogP contribution < -0.4 is 11.5 Å². The van der Waals surface area contributed by atoms with Gasteiger partial charge in [0.05, 0.1) is 5.25 Å². The van der Waals surface area contributed by atoms with Gasteiger partial charge in [-0.3, -0.25) is 0 Å². The molecular weight excluding hydrogens is 284 g/mol. The highest BCUT2D eigenvalue weighted by Gasteiger charge is 2.68. The first-order valence-electron chi connectivity index (χ1n) is 6.30. The van der Waals surface area contributed by atoms with Gasteiger partial charge in [-0.1, -0.05) is 30.7 Å².